The third-order valence-corrected chi connectivity index (χ3v) is 6.26. The number of hydrogen-bond acceptors (Lipinski definition) is 5. The number of hydrogen-bond donors (Lipinski definition) is 2. The predicted octanol–water partition coefficient (Wildman–Crippen LogP) is 3.54. The van der Waals surface area contributed by atoms with Crippen molar-refractivity contribution in [1.82, 2.24) is 4.90 Å². The number of rotatable bonds is 6. The van der Waals surface area contributed by atoms with Crippen molar-refractivity contribution in [3.05, 3.63) is 44.8 Å². The zero-order valence-corrected chi connectivity index (χ0v) is 18.1. The molecule has 7 heteroatoms. The van der Waals surface area contributed by atoms with Crippen LogP contribution in [0, 0.1) is 32.1 Å². The van der Waals surface area contributed by atoms with E-state index in [0.717, 1.165) is 47.2 Å². The average Bonchev–Trinajstić information content (AvgIpc) is 3.18. The van der Waals surface area contributed by atoms with Crippen LogP contribution < -0.4 is 10.6 Å². The van der Waals surface area contributed by atoms with Gasteiger partial charge in [0.1, 0.15) is 11.1 Å². The molecule has 2 N–H and O–H groups in total. The van der Waals surface area contributed by atoms with Gasteiger partial charge in [-0.2, -0.15) is 5.26 Å². The van der Waals surface area contributed by atoms with Crippen LogP contribution in [0.25, 0.3) is 0 Å². The van der Waals surface area contributed by atoms with Gasteiger partial charge in [0.15, 0.2) is 0 Å². The van der Waals surface area contributed by atoms with Crippen LogP contribution in [-0.4, -0.2) is 36.9 Å². The molecule has 0 fully saturated rings. The SMILES string of the molecule is Cc1cc(C)c(NC(=O)CN(C)CC(=O)Nc2sc3c(c2C#N)CCC3)c(C)c1. The summed E-state index contributed by atoms with van der Waals surface area (Å²) in [5, 5.41) is 15.9. The minimum Gasteiger partial charge on any atom is -0.324 e. The Morgan fingerprint density at radius 1 is 1.10 bits per heavy atom. The Bertz CT molecular complexity index is 980. The zero-order valence-electron chi connectivity index (χ0n) is 17.3. The second-order valence-corrected chi connectivity index (χ2v) is 8.82. The topological polar surface area (TPSA) is 85.2 Å². The number of fused-ring (bicyclic) bond motifs is 1. The largest absolute Gasteiger partial charge is 0.324 e. The van der Waals surface area contributed by atoms with Crippen molar-refractivity contribution in [2.24, 2.45) is 0 Å². The fraction of sp³-hybridized carbons (Fsp3) is 0.409. The maximum atomic E-state index is 12.4. The molecule has 0 atom stereocenters. The molecule has 3 rings (SSSR count). The van der Waals surface area contributed by atoms with E-state index in [-0.39, 0.29) is 24.9 Å². The van der Waals surface area contributed by atoms with Gasteiger partial charge in [0.05, 0.1) is 18.7 Å². The highest BCUT2D eigenvalue weighted by Gasteiger charge is 2.23. The van der Waals surface area contributed by atoms with Gasteiger partial charge >= 0.3 is 0 Å². The predicted molar refractivity (Wildman–Crippen MR) is 116 cm³/mol. The van der Waals surface area contributed by atoms with Crippen molar-refractivity contribution < 1.29 is 9.59 Å². The van der Waals surface area contributed by atoms with Crippen LogP contribution in [0.1, 0.15) is 39.1 Å². The summed E-state index contributed by atoms with van der Waals surface area (Å²) in [6.07, 6.45) is 2.95. The molecule has 1 aromatic carbocycles. The van der Waals surface area contributed by atoms with Crippen LogP contribution in [0.4, 0.5) is 10.7 Å². The lowest BCUT2D eigenvalue weighted by Gasteiger charge is -2.17. The summed E-state index contributed by atoms with van der Waals surface area (Å²) in [6.45, 7) is 6.15. The van der Waals surface area contributed by atoms with Crippen LogP contribution in [0.2, 0.25) is 0 Å². The lowest BCUT2D eigenvalue weighted by molar-refractivity contribution is -0.119. The van der Waals surface area contributed by atoms with Crippen molar-refractivity contribution in [3.8, 4) is 6.07 Å². The normalized spacial score (nSPS) is 12.6. The lowest BCUT2D eigenvalue weighted by Crippen LogP contribution is -2.36. The molecule has 6 nitrogen and oxygen atoms in total. The maximum Gasteiger partial charge on any atom is 0.239 e. The second-order valence-electron chi connectivity index (χ2n) is 7.72. The first-order valence-electron chi connectivity index (χ1n) is 9.69. The number of likely N-dealkylation sites (N-methyl/N-ethyl adjacent to an activating group) is 1. The minimum atomic E-state index is -0.223. The van der Waals surface area contributed by atoms with Gasteiger partial charge in [0, 0.05) is 10.6 Å². The first-order valence-corrected chi connectivity index (χ1v) is 10.5. The molecule has 0 aliphatic heterocycles. The molecule has 2 amide bonds. The highest BCUT2D eigenvalue weighted by atomic mass is 32.1. The molecule has 0 spiro atoms. The Balaban J connectivity index is 1.56. The van der Waals surface area contributed by atoms with E-state index >= 15 is 0 Å². The summed E-state index contributed by atoms with van der Waals surface area (Å²) in [5.41, 5.74) is 5.70. The molecule has 2 aromatic rings. The summed E-state index contributed by atoms with van der Waals surface area (Å²) in [5.74, 6) is -0.386. The van der Waals surface area contributed by atoms with Crippen LogP contribution in [0.3, 0.4) is 0 Å². The van der Waals surface area contributed by atoms with Gasteiger partial charge in [-0.25, -0.2) is 0 Å². The molecule has 0 radical (unpaired) electrons. The Kier molecular flexibility index (Phi) is 6.36. The van der Waals surface area contributed by atoms with Gasteiger partial charge in [-0.15, -0.1) is 11.3 Å². The van der Waals surface area contributed by atoms with E-state index < -0.39 is 0 Å². The summed E-state index contributed by atoms with van der Waals surface area (Å²) in [6, 6.07) is 6.29. The molecule has 29 heavy (non-hydrogen) atoms. The average molecular weight is 411 g/mol. The minimum absolute atomic E-state index is 0.0761. The summed E-state index contributed by atoms with van der Waals surface area (Å²) < 4.78 is 0. The molecule has 0 unspecified atom stereocenters. The van der Waals surface area contributed by atoms with E-state index in [0.29, 0.717) is 10.6 Å². The highest BCUT2D eigenvalue weighted by molar-refractivity contribution is 7.16. The number of amides is 2. The number of thiophene rings is 1. The third kappa shape index (κ3) is 4.84. The quantitative estimate of drug-likeness (QED) is 0.763. The Morgan fingerprint density at radius 3 is 2.34 bits per heavy atom. The van der Waals surface area contributed by atoms with Crippen LogP contribution >= 0.6 is 11.3 Å². The van der Waals surface area contributed by atoms with Gasteiger partial charge in [0.25, 0.3) is 0 Å². The molecule has 0 saturated carbocycles. The molecule has 0 saturated heterocycles. The first kappa shape index (κ1) is 21.0. The van der Waals surface area contributed by atoms with Crippen LogP contribution in [0.15, 0.2) is 12.1 Å². The highest BCUT2D eigenvalue weighted by Crippen LogP contribution is 2.38. The number of nitriles is 1. The Morgan fingerprint density at radius 2 is 1.72 bits per heavy atom. The van der Waals surface area contributed by atoms with E-state index in [1.807, 2.05) is 32.9 Å². The first-order chi connectivity index (χ1) is 13.8. The third-order valence-electron chi connectivity index (χ3n) is 5.05. The molecule has 152 valence electrons. The van der Waals surface area contributed by atoms with E-state index in [2.05, 4.69) is 16.7 Å². The Labute approximate surface area is 175 Å². The molecule has 1 aromatic heterocycles. The maximum absolute atomic E-state index is 12.4. The van der Waals surface area contributed by atoms with Crippen molar-refractivity contribution in [2.45, 2.75) is 40.0 Å². The summed E-state index contributed by atoms with van der Waals surface area (Å²) in [7, 11) is 1.73. The van der Waals surface area contributed by atoms with E-state index in [9.17, 15) is 14.9 Å². The summed E-state index contributed by atoms with van der Waals surface area (Å²) >= 11 is 1.50. The molecular formula is C22H26N4O2S. The number of benzene rings is 1. The van der Waals surface area contributed by atoms with Gasteiger partial charge in [0.2, 0.25) is 11.8 Å². The van der Waals surface area contributed by atoms with E-state index in [4.69, 9.17) is 0 Å². The number of anilines is 2. The van der Waals surface area contributed by atoms with E-state index in [1.54, 1.807) is 11.9 Å². The number of aryl methyl sites for hydroxylation is 4. The van der Waals surface area contributed by atoms with Gasteiger partial charge in [-0.3, -0.25) is 14.5 Å². The molecule has 0 bridgehead atoms. The zero-order chi connectivity index (χ0) is 21.1. The smallest absolute Gasteiger partial charge is 0.239 e. The molecule has 1 aliphatic rings. The molecule has 1 aliphatic carbocycles. The second kappa shape index (κ2) is 8.76. The van der Waals surface area contributed by atoms with Crippen molar-refractivity contribution >= 4 is 33.8 Å². The molecular weight excluding hydrogens is 384 g/mol. The van der Waals surface area contributed by atoms with E-state index in [1.165, 1.54) is 16.2 Å². The molecule has 1 heterocycles. The fourth-order valence-electron chi connectivity index (χ4n) is 3.88. The number of carbonyl (C=O) groups is 2. The van der Waals surface area contributed by atoms with Crippen LogP contribution in [0.5, 0.6) is 0 Å². The Hall–Kier alpha value is -2.69. The summed E-state index contributed by atoms with van der Waals surface area (Å²) in [4.78, 5) is 27.7. The van der Waals surface area contributed by atoms with Crippen LogP contribution in [-0.2, 0) is 22.4 Å². The monoisotopic (exact) mass is 410 g/mol. The van der Waals surface area contributed by atoms with Crippen molar-refractivity contribution in [3.63, 3.8) is 0 Å². The van der Waals surface area contributed by atoms with Crippen molar-refractivity contribution in [2.75, 3.05) is 30.8 Å². The number of carbonyl (C=O) groups excluding carboxylic acids is 2. The lowest BCUT2D eigenvalue weighted by atomic mass is 10.1. The van der Waals surface area contributed by atoms with Gasteiger partial charge < -0.3 is 10.6 Å². The van der Waals surface area contributed by atoms with Crippen molar-refractivity contribution in [1.29, 1.82) is 5.26 Å². The van der Waals surface area contributed by atoms with Gasteiger partial charge in [-0.05, 0) is 63.8 Å². The number of nitrogens with one attached hydrogen (secondary N) is 2. The standard InChI is InChI=1S/C22H26N4O2S/c1-13-8-14(2)21(15(3)9-13)24-19(27)11-26(4)12-20(28)25-22-17(10-23)16-6-5-7-18(16)29-22/h8-9H,5-7,11-12H2,1-4H3,(H,24,27)(H,25,28). The number of nitrogens with zero attached hydrogens (tertiary/aromatic N) is 2. The fourth-order valence-corrected chi connectivity index (χ4v) is 5.14. The van der Waals surface area contributed by atoms with Gasteiger partial charge in [-0.1, -0.05) is 17.7 Å².